The van der Waals surface area contributed by atoms with Crippen molar-refractivity contribution in [3.8, 4) is 0 Å². The lowest BCUT2D eigenvalue weighted by Gasteiger charge is -2.30. The Kier molecular flexibility index (Phi) is 4.70. The first-order valence-electron chi connectivity index (χ1n) is 5.28. The van der Waals surface area contributed by atoms with Gasteiger partial charge in [0.05, 0.1) is 6.61 Å². The Morgan fingerprint density at radius 3 is 2.69 bits per heavy atom. The van der Waals surface area contributed by atoms with Gasteiger partial charge in [0.15, 0.2) is 0 Å². The molecule has 1 fully saturated rings. The molecule has 1 saturated carbocycles. The largest absolute Gasteiger partial charge is 0.383 e. The molecule has 1 aliphatic carbocycles. The fourth-order valence-corrected chi connectivity index (χ4v) is 2.19. The van der Waals surface area contributed by atoms with Crippen LogP contribution in [0.5, 0.6) is 0 Å². The van der Waals surface area contributed by atoms with Crippen molar-refractivity contribution in [2.45, 2.75) is 38.3 Å². The van der Waals surface area contributed by atoms with E-state index in [4.69, 9.17) is 10.5 Å². The molecule has 0 amide bonds. The summed E-state index contributed by atoms with van der Waals surface area (Å²) in [5.41, 5.74) is 6.04. The van der Waals surface area contributed by atoms with Crippen LogP contribution in [0.4, 0.5) is 0 Å². The number of rotatable bonds is 5. The Hall–Kier alpha value is -0.120. The number of likely N-dealkylation sites (N-methyl/N-ethyl adjacent to an activating group) is 1. The summed E-state index contributed by atoms with van der Waals surface area (Å²) in [5, 5.41) is 0. The molecule has 0 heterocycles. The van der Waals surface area contributed by atoms with Crippen molar-refractivity contribution in [3.05, 3.63) is 0 Å². The van der Waals surface area contributed by atoms with Gasteiger partial charge in [-0.3, -0.25) is 4.90 Å². The molecule has 0 aromatic rings. The number of nitrogens with two attached hydrogens (primary N) is 1. The number of methoxy groups -OCH3 is 1. The van der Waals surface area contributed by atoms with Crippen LogP contribution in [0.2, 0.25) is 0 Å². The lowest BCUT2D eigenvalue weighted by molar-refractivity contribution is 0.119. The molecular formula is C10H22N2O. The molecule has 3 heteroatoms. The molecule has 0 radical (unpaired) electrons. The van der Waals surface area contributed by atoms with Crippen molar-refractivity contribution in [2.24, 2.45) is 5.73 Å². The highest BCUT2D eigenvalue weighted by atomic mass is 16.5. The molecule has 13 heavy (non-hydrogen) atoms. The summed E-state index contributed by atoms with van der Waals surface area (Å²) < 4.78 is 5.09. The van der Waals surface area contributed by atoms with Gasteiger partial charge < -0.3 is 10.5 Å². The zero-order valence-electron chi connectivity index (χ0n) is 8.83. The zero-order chi connectivity index (χ0) is 9.68. The number of hydrogen-bond acceptors (Lipinski definition) is 3. The molecule has 0 aliphatic heterocycles. The molecule has 2 N–H and O–H groups in total. The molecule has 78 valence electrons. The van der Waals surface area contributed by atoms with Crippen LogP contribution in [-0.4, -0.2) is 43.8 Å². The van der Waals surface area contributed by atoms with E-state index in [-0.39, 0.29) is 0 Å². The van der Waals surface area contributed by atoms with Crippen LogP contribution in [0.3, 0.4) is 0 Å². The Morgan fingerprint density at radius 2 is 2.23 bits per heavy atom. The number of nitrogens with zero attached hydrogens (tertiary/aromatic N) is 1. The van der Waals surface area contributed by atoms with E-state index >= 15 is 0 Å². The normalized spacial score (nSPS) is 28.6. The van der Waals surface area contributed by atoms with Gasteiger partial charge in [0.2, 0.25) is 0 Å². The van der Waals surface area contributed by atoms with Crippen LogP contribution in [0.1, 0.15) is 26.2 Å². The third-order valence-electron chi connectivity index (χ3n) is 2.99. The average Bonchev–Trinajstić information content (AvgIpc) is 2.54. The van der Waals surface area contributed by atoms with Crippen LogP contribution in [0.15, 0.2) is 0 Å². The maximum absolute atomic E-state index is 6.04. The maximum Gasteiger partial charge on any atom is 0.0589 e. The second-order valence-corrected chi connectivity index (χ2v) is 3.78. The topological polar surface area (TPSA) is 38.5 Å². The predicted octanol–water partition coefficient (Wildman–Crippen LogP) is 0.835. The van der Waals surface area contributed by atoms with Gasteiger partial charge in [0.1, 0.15) is 0 Å². The van der Waals surface area contributed by atoms with Crippen molar-refractivity contribution >= 4 is 0 Å². The first-order valence-corrected chi connectivity index (χ1v) is 5.28. The minimum absolute atomic E-state index is 0.386. The third-order valence-corrected chi connectivity index (χ3v) is 2.99. The minimum atomic E-state index is 0.386. The summed E-state index contributed by atoms with van der Waals surface area (Å²) in [6.07, 6.45) is 3.74. The summed E-state index contributed by atoms with van der Waals surface area (Å²) >= 11 is 0. The Bertz CT molecular complexity index is 141. The Morgan fingerprint density at radius 1 is 1.46 bits per heavy atom. The van der Waals surface area contributed by atoms with Crippen LogP contribution in [0.25, 0.3) is 0 Å². The van der Waals surface area contributed by atoms with E-state index < -0.39 is 0 Å². The zero-order valence-corrected chi connectivity index (χ0v) is 8.83. The molecule has 1 aliphatic rings. The van der Waals surface area contributed by atoms with Gasteiger partial charge in [-0.25, -0.2) is 0 Å². The van der Waals surface area contributed by atoms with E-state index in [2.05, 4.69) is 11.8 Å². The van der Waals surface area contributed by atoms with Crippen LogP contribution < -0.4 is 5.73 Å². The number of hydrogen-bond donors (Lipinski definition) is 1. The van der Waals surface area contributed by atoms with E-state index in [1.54, 1.807) is 7.11 Å². The Balaban J connectivity index is 2.35. The standard InChI is InChI=1S/C10H22N2O/c1-3-12(7-8-13-2)10-6-4-5-9(10)11/h9-10H,3-8,11H2,1-2H3. The molecule has 0 spiro atoms. The van der Waals surface area contributed by atoms with Gasteiger partial charge in [-0.2, -0.15) is 0 Å². The van der Waals surface area contributed by atoms with E-state index in [0.29, 0.717) is 12.1 Å². The molecule has 0 saturated heterocycles. The van der Waals surface area contributed by atoms with Gasteiger partial charge >= 0.3 is 0 Å². The van der Waals surface area contributed by atoms with Gasteiger partial charge in [-0.05, 0) is 19.4 Å². The molecule has 0 bridgehead atoms. The summed E-state index contributed by atoms with van der Waals surface area (Å²) in [6.45, 7) is 5.12. The smallest absolute Gasteiger partial charge is 0.0589 e. The minimum Gasteiger partial charge on any atom is -0.383 e. The average molecular weight is 186 g/mol. The lowest BCUT2D eigenvalue weighted by Crippen LogP contribution is -2.45. The van der Waals surface area contributed by atoms with Gasteiger partial charge in [0.25, 0.3) is 0 Å². The van der Waals surface area contributed by atoms with Gasteiger partial charge in [0, 0.05) is 25.7 Å². The van der Waals surface area contributed by atoms with E-state index in [1.807, 2.05) is 0 Å². The fourth-order valence-electron chi connectivity index (χ4n) is 2.19. The van der Waals surface area contributed by atoms with E-state index in [9.17, 15) is 0 Å². The van der Waals surface area contributed by atoms with E-state index in [0.717, 1.165) is 19.7 Å². The molecule has 1 rings (SSSR count). The Labute approximate surface area is 81.2 Å². The second-order valence-electron chi connectivity index (χ2n) is 3.78. The maximum atomic E-state index is 6.04. The van der Waals surface area contributed by atoms with Crippen LogP contribution in [0, 0.1) is 0 Å². The summed E-state index contributed by atoms with van der Waals surface area (Å²) in [4.78, 5) is 2.45. The van der Waals surface area contributed by atoms with Gasteiger partial charge in [-0.15, -0.1) is 0 Å². The quantitative estimate of drug-likeness (QED) is 0.691. The van der Waals surface area contributed by atoms with Crippen molar-refractivity contribution in [2.75, 3.05) is 26.8 Å². The highest BCUT2D eigenvalue weighted by Crippen LogP contribution is 2.22. The number of ether oxygens (including phenoxy) is 1. The van der Waals surface area contributed by atoms with Crippen molar-refractivity contribution in [1.82, 2.24) is 4.90 Å². The molecule has 3 nitrogen and oxygen atoms in total. The summed E-state index contributed by atoms with van der Waals surface area (Å²) in [5.74, 6) is 0. The molecule has 2 unspecified atom stereocenters. The van der Waals surface area contributed by atoms with Crippen LogP contribution >= 0.6 is 0 Å². The monoisotopic (exact) mass is 186 g/mol. The molecule has 2 atom stereocenters. The van der Waals surface area contributed by atoms with Crippen LogP contribution in [-0.2, 0) is 4.74 Å². The summed E-state index contributed by atoms with van der Waals surface area (Å²) in [6, 6.07) is 0.983. The van der Waals surface area contributed by atoms with Crippen molar-refractivity contribution in [1.29, 1.82) is 0 Å². The fraction of sp³-hybridized carbons (Fsp3) is 1.00. The lowest BCUT2D eigenvalue weighted by atomic mass is 10.1. The molecule has 0 aromatic heterocycles. The first kappa shape index (κ1) is 11.0. The third kappa shape index (κ3) is 2.93. The van der Waals surface area contributed by atoms with Crippen molar-refractivity contribution in [3.63, 3.8) is 0 Å². The van der Waals surface area contributed by atoms with Gasteiger partial charge in [-0.1, -0.05) is 13.3 Å². The molecule has 0 aromatic carbocycles. The van der Waals surface area contributed by atoms with E-state index in [1.165, 1.54) is 19.3 Å². The predicted molar refractivity (Wildman–Crippen MR) is 54.7 cm³/mol. The van der Waals surface area contributed by atoms with Crippen molar-refractivity contribution < 1.29 is 4.74 Å². The summed E-state index contributed by atoms with van der Waals surface area (Å²) in [7, 11) is 1.75. The second kappa shape index (κ2) is 5.58. The SMILES string of the molecule is CCN(CCOC)C1CCCC1N. The molecular weight excluding hydrogens is 164 g/mol. The highest BCUT2D eigenvalue weighted by molar-refractivity contribution is 4.87. The first-order chi connectivity index (χ1) is 6.29. The highest BCUT2D eigenvalue weighted by Gasteiger charge is 2.28.